The van der Waals surface area contributed by atoms with Gasteiger partial charge < -0.3 is 5.32 Å². The number of nitrogens with zero attached hydrogens (tertiary/aromatic N) is 1. The second-order valence-corrected chi connectivity index (χ2v) is 8.72. The van der Waals surface area contributed by atoms with Crippen molar-refractivity contribution in [1.82, 2.24) is 9.62 Å². The third-order valence-electron chi connectivity index (χ3n) is 3.26. The van der Waals surface area contributed by atoms with E-state index in [0.29, 0.717) is 11.4 Å². The van der Waals surface area contributed by atoms with E-state index in [0.717, 1.165) is 35.7 Å². The molecule has 0 amide bonds. The molecular weight excluding hydrogens is 304 g/mol. The van der Waals surface area contributed by atoms with E-state index in [-0.39, 0.29) is 6.04 Å². The molecule has 0 atom stereocenters. The molecular formula is C15H28N2O2S2. The molecule has 4 nitrogen and oxygen atoms in total. The lowest BCUT2D eigenvalue weighted by Crippen LogP contribution is -2.37. The van der Waals surface area contributed by atoms with E-state index in [1.54, 1.807) is 15.6 Å². The monoisotopic (exact) mass is 332 g/mol. The van der Waals surface area contributed by atoms with Gasteiger partial charge >= 0.3 is 0 Å². The van der Waals surface area contributed by atoms with E-state index >= 15 is 0 Å². The van der Waals surface area contributed by atoms with Crippen LogP contribution in [0.4, 0.5) is 0 Å². The predicted molar refractivity (Wildman–Crippen MR) is 90.4 cm³/mol. The highest BCUT2D eigenvalue weighted by atomic mass is 32.2. The molecule has 122 valence electrons. The van der Waals surface area contributed by atoms with Crippen molar-refractivity contribution in [3.63, 3.8) is 0 Å². The Morgan fingerprint density at radius 1 is 1.29 bits per heavy atom. The molecule has 0 aliphatic heterocycles. The van der Waals surface area contributed by atoms with Crippen LogP contribution in [0.2, 0.25) is 0 Å². The van der Waals surface area contributed by atoms with E-state index in [9.17, 15) is 8.42 Å². The Kier molecular flexibility index (Phi) is 7.33. The number of hydrogen-bond donors (Lipinski definition) is 1. The van der Waals surface area contributed by atoms with Crippen LogP contribution < -0.4 is 5.32 Å². The van der Waals surface area contributed by atoms with E-state index in [4.69, 9.17) is 0 Å². The van der Waals surface area contributed by atoms with Crippen LogP contribution in [0.25, 0.3) is 0 Å². The van der Waals surface area contributed by atoms with Crippen LogP contribution in [0.5, 0.6) is 0 Å². The zero-order valence-corrected chi connectivity index (χ0v) is 15.4. The summed E-state index contributed by atoms with van der Waals surface area (Å²) in [6.45, 7) is 12.1. The number of nitrogens with one attached hydrogen (secondary N) is 1. The average molecular weight is 333 g/mol. The average Bonchev–Trinajstić information content (AvgIpc) is 2.77. The fourth-order valence-electron chi connectivity index (χ4n) is 2.26. The van der Waals surface area contributed by atoms with Crippen molar-refractivity contribution in [2.75, 3.05) is 13.1 Å². The largest absolute Gasteiger partial charge is 0.312 e. The third-order valence-corrected chi connectivity index (χ3v) is 6.64. The van der Waals surface area contributed by atoms with Crippen molar-refractivity contribution in [2.45, 2.75) is 64.9 Å². The highest BCUT2D eigenvalue weighted by Crippen LogP contribution is 2.29. The van der Waals surface area contributed by atoms with Gasteiger partial charge in [0.05, 0.1) is 4.90 Å². The molecule has 21 heavy (non-hydrogen) atoms. The molecule has 0 aromatic carbocycles. The Morgan fingerprint density at radius 2 is 1.95 bits per heavy atom. The molecule has 0 aliphatic rings. The minimum Gasteiger partial charge on any atom is -0.312 e. The van der Waals surface area contributed by atoms with Crippen LogP contribution in [0, 0.1) is 6.92 Å². The maximum Gasteiger partial charge on any atom is 0.244 e. The number of sulfonamides is 1. The highest BCUT2D eigenvalue weighted by molar-refractivity contribution is 7.89. The van der Waals surface area contributed by atoms with Crippen molar-refractivity contribution in [2.24, 2.45) is 0 Å². The molecule has 0 radical (unpaired) electrons. The standard InChI is InChI=1S/C15H28N2O2S2/c1-6-8-16-11-14-10-15(13(5)20-14)21(18,19)17(9-7-2)12(3)4/h10,12,16H,6-9,11H2,1-5H3. The van der Waals surface area contributed by atoms with Crippen molar-refractivity contribution >= 4 is 21.4 Å². The molecule has 0 fully saturated rings. The van der Waals surface area contributed by atoms with Crippen LogP contribution >= 0.6 is 11.3 Å². The first-order chi connectivity index (χ1) is 9.84. The summed E-state index contributed by atoms with van der Waals surface area (Å²) in [5.74, 6) is 0. The van der Waals surface area contributed by atoms with Crippen LogP contribution in [0.1, 0.15) is 50.3 Å². The van der Waals surface area contributed by atoms with E-state index in [1.807, 2.05) is 33.8 Å². The third kappa shape index (κ3) is 4.77. The zero-order valence-electron chi connectivity index (χ0n) is 13.8. The van der Waals surface area contributed by atoms with Gasteiger partial charge in [0.25, 0.3) is 0 Å². The zero-order chi connectivity index (χ0) is 16.0. The first-order valence-corrected chi connectivity index (χ1v) is 9.92. The molecule has 0 saturated carbocycles. The van der Waals surface area contributed by atoms with Crippen LogP contribution in [0.3, 0.4) is 0 Å². The molecule has 1 heterocycles. The summed E-state index contributed by atoms with van der Waals surface area (Å²) in [4.78, 5) is 2.44. The van der Waals surface area contributed by atoms with Gasteiger partial charge in [-0.25, -0.2) is 8.42 Å². The molecule has 6 heteroatoms. The lowest BCUT2D eigenvalue weighted by Gasteiger charge is -2.25. The minimum atomic E-state index is -3.39. The molecule has 1 N–H and O–H groups in total. The Bertz CT molecular complexity index is 536. The Balaban J connectivity index is 3.02. The fourth-order valence-corrected chi connectivity index (χ4v) is 5.56. The summed E-state index contributed by atoms with van der Waals surface area (Å²) in [6.07, 6.45) is 1.90. The Hall–Kier alpha value is -0.430. The maximum atomic E-state index is 12.8. The van der Waals surface area contributed by atoms with Gasteiger partial charge in [-0.1, -0.05) is 13.8 Å². The van der Waals surface area contributed by atoms with E-state index in [1.165, 1.54) is 0 Å². The minimum absolute atomic E-state index is 0.0177. The topological polar surface area (TPSA) is 49.4 Å². The van der Waals surface area contributed by atoms with Gasteiger partial charge in [-0.2, -0.15) is 4.31 Å². The summed E-state index contributed by atoms with van der Waals surface area (Å²) >= 11 is 1.57. The van der Waals surface area contributed by atoms with Crippen LogP contribution in [-0.2, 0) is 16.6 Å². The number of hydrogen-bond acceptors (Lipinski definition) is 4. The Morgan fingerprint density at radius 3 is 2.48 bits per heavy atom. The quantitative estimate of drug-likeness (QED) is 0.705. The molecule has 0 aliphatic carbocycles. The summed E-state index contributed by atoms with van der Waals surface area (Å²) in [7, 11) is -3.39. The second-order valence-electron chi connectivity index (χ2n) is 5.52. The maximum absolute atomic E-state index is 12.8. The summed E-state index contributed by atoms with van der Waals surface area (Å²) in [5, 5.41) is 3.32. The lowest BCUT2D eigenvalue weighted by molar-refractivity contribution is 0.354. The van der Waals surface area contributed by atoms with Gasteiger partial charge in [0.1, 0.15) is 0 Å². The van der Waals surface area contributed by atoms with Gasteiger partial charge in [0.2, 0.25) is 10.0 Å². The summed E-state index contributed by atoms with van der Waals surface area (Å²) < 4.78 is 27.3. The van der Waals surface area contributed by atoms with Crippen molar-refractivity contribution in [3.8, 4) is 0 Å². The molecule has 1 rings (SSSR count). The van der Waals surface area contributed by atoms with Crippen LogP contribution in [0.15, 0.2) is 11.0 Å². The number of rotatable bonds is 9. The first kappa shape index (κ1) is 18.6. The molecule has 0 spiro atoms. The molecule has 0 bridgehead atoms. The van der Waals surface area contributed by atoms with Gasteiger partial charge in [0, 0.05) is 28.9 Å². The molecule has 1 aromatic rings. The SMILES string of the molecule is CCCNCc1cc(S(=O)(=O)N(CCC)C(C)C)c(C)s1. The first-order valence-electron chi connectivity index (χ1n) is 7.66. The second kappa shape index (κ2) is 8.27. The van der Waals surface area contributed by atoms with Crippen molar-refractivity contribution in [1.29, 1.82) is 0 Å². The summed E-state index contributed by atoms with van der Waals surface area (Å²) in [5.41, 5.74) is 0. The van der Waals surface area contributed by atoms with Crippen molar-refractivity contribution in [3.05, 3.63) is 15.8 Å². The molecule has 0 saturated heterocycles. The van der Waals surface area contributed by atoms with Gasteiger partial charge in [0.15, 0.2) is 0 Å². The van der Waals surface area contributed by atoms with Gasteiger partial charge in [-0.15, -0.1) is 11.3 Å². The fraction of sp³-hybridized carbons (Fsp3) is 0.733. The Labute approximate surface area is 133 Å². The molecule has 0 unspecified atom stereocenters. The van der Waals surface area contributed by atoms with E-state index in [2.05, 4.69) is 12.2 Å². The smallest absolute Gasteiger partial charge is 0.244 e. The number of thiophene rings is 1. The van der Waals surface area contributed by atoms with E-state index < -0.39 is 10.0 Å². The highest BCUT2D eigenvalue weighted by Gasteiger charge is 2.29. The van der Waals surface area contributed by atoms with Crippen LogP contribution in [-0.4, -0.2) is 31.9 Å². The predicted octanol–water partition coefficient (Wildman–Crippen LogP) is 3.37. The number of aryl methyl sites for hydroxylation is 1. The molecule has 1 aromatic heterocycles. The van der Waals surface area contributed by atoms with Crippen molar-refractivity contribution < 1.29 is 8.42 Å². The normalized spacial score (nSPS) is 12.5. The lowest BCUT2D eigenvalue weighted by atomic mass is 10.4. The van der Waals surface area contributed by atoms with Gasteiger partial charge in [-0.05, 0) is 46.2 Å². The summed E-state index contributed by atoms with van der Waals surface area (Å²) in [6, 6.07) is 1.82. The van der Waals surface area contributed by atoms with Gasteiger partial charge in [-0.3, -0.25) is 0 Å².